The minimum absolute atomic E-state index is 0.321. The van der Waals surface area contributed by atoms with Crippen molar-refractivity contribution in [3.63, 3.8) is 0 Å². The number of nitrogens with one attached hydrogen (secondary N) is 1. The van der Waals surface area contributed by atoms with Crippen molar-refractivity contribution < 1.29 is 0 Å². The van der Waals surface area contributed by atoms with Gasteiger partial charge >= 0.3 is 0 Å². The van der Waals surface area contributed by atoms with Crippen LogP contribution in [-0.2, 0) is 0 Å². The number of benzene rings is 1. The zero-order chi connectivity index (χ0) is 14.5. The molecule has 0 bridgehead atoms. The lowest BCUT2D eigenvalue weighted by molar-refractivity contribution is 0.844. The van der Waals surface area contributed by atoms with Gasteiger partial charge in [0.05, 0.1) is 5.69 Å². The van der Waals surface area contributed by atoms with Gasteiger partial charge in [-0.15, -0.1) is 0 Å². The molecule has 0 fully saturated rings. The molecule has 20 heavy (non-hydrogen) atoms. The van der Waals surface area contributed by atoms with E-state index in [2.05, 4.69) is 36.1 Å². The highest BCUT2D eigenvalue weighted by atomic mass is 35.5. The molecule has 0 radical (unpaired) electrons. The van der Waals surface area contributed by atoms with Crippen LogP contribution in [0.2, 0.25) is 5.02 Å². The first kappa shape index (κ1) is 14.8. The van der Waals surface area contributed by atoms with Gasteiger partial charge in [0.2, 0.25) is 0 Å². The molecule has 106 valence electrons. The van der Waals surface area contributed by atoms with Gasteiger partial charge in [0, 0.05) is 22.7 Å². The largest absolute Gasteiger partial charge is 0.370 e. The lowest BCUT2D eigenvalue weighted by atomic mass is 9.97. The average Bonchev–Trinajstić information content (AvgIpc) is 2.45. The first-order valence-corrected chi connectivity index (χ1v) is 7.36. The zero-order valence-corrected chi connectivity index (χ0v) is 12.9. The average molecular weight is 290 g/mol. The van der Waals surface area contributed by atoms with Gasteiger partial charge in [0.15, 0.2) is 0 Å². The standard InChI is InChI=1S/C16H20ClN3/c1-4-9-18-16-14(11(2)3)15(19-10-20-16)12-7-5-6-8-13(12)17/h5-8,10-11H,4,9H2,1-3H3,(H,18,19,20). The van der Waals surface area contributed by atoms with Crippen LogP contribution in [0, 0.1) is 0 Å². The minimum Gasteiger partial charge on any atom is -0.370 e. The molecule has 0 aliphatic carbocycles. The van der Waals surface area contributed by atoms with Crippen LogP contribution in [0.4, 0.5) is 5.82 Å². The number of hydrogen-bond acceptors (Lipinski definition) is 3. The second-order valence-electron chi connectivity index (χ2n) is 5.05. The second-order valence-corrected chi connectivity index (χ2v) is 5.45. The zero-order valence-electron chi connectivity index (χ0n) is 12.2. The molecular formula is C16H20ClN3. The van der Waals surface area contributed by atoms with Crippen LogP contribution in [0.15, 0.2) is 30.6 Å². The van der Waals surface area contributed by atoms with Gasteiger partial charge in [-0.1, -0.05) is 50.6 Å². The summed E-state index contributed by atoms with van der Waals surface area (Å²) in [6.07, 6.45) is 2.66. The summed E-state index contributed by atoms with van der Waals surface area (Å²) >= 11 is 6.31. The Morgan fingerprint density at radius 1 is 1.20 bits per heavy atom. The highest BCUT2D eigenvalue weighted by Crippen LogP contribution is 2.35. The molecule has 1 aromatic heterocycles. The van der Waals surface area contributed by atoms with Crippen LogP contribution in [0.25, 0.3) is 11.3 Å². The van der Waals surface area contributed by atoms with Crippen LogP contribution in [0.3, 0.4) is 0 Å². The quantitative estimate of drug-likeness (QED) is 0.864. The fourth-order valence-corrected chi connectivity index (χ4v) is 2.42. The lowest BCUT2D eigenvalue weighted by Gasteiger charge is -2.17. The van der Waals surface area contributed by atoms with Gasteiger partial charge in [-0.2, -0.15) is 0 Å². The Kier molecular flexibility index (Phi) is 4.96. The maximum Gasteiger partial charge on any atom is 0.133 e. The van der Waals surface area contributed by atoms with E-state index in [1.165, 1.54) is 0 Å². The molecule has 1 heterocycles. The van der Waals surface area contributed by atoms with Crippen molar-refractivity contribution in [2.24, 2.45) is 0 Å². The molecule has 0 unspecified atom stereocenters. The van der Waals surface area contributed by atoms with Crippen molar-refractivity contribution in [1.82, 2.24) is 9.97 Å². The molecule has 2 aromatic rings. The number of aromatic nitrogens is 2. The normalized spacial score (nSPS) is 10.8. The summed E-state index contributed by atoms with van der Waals surface area (Å²) in [5, 5.41) is 4.10. The molecule has 0 aliphatic rings. The smallest absolute Gasteiger partial charge is 0.133 e. The van der Waals surface area contributed by atoms with Crippen molar-refractivity contribution in [3.05, 3.63) is 41.2 Å². The molecule has 0 aliphatic heterocycles. The first-order valence-electron chi connectivity index (χ1n) is 6.98. The molecule has 0 atom stereocenters. The van der Waals surface area contributed by atoms with E-state index in [0.717, 1.165) is 40.6 Å². The Labute approximate surface area is 125 Å². The van der Waals surface area contributed by atoms with E-state index in [1.807, 2.05) is 24.3 Å². The van der Waals surface area contributed by atoms with Crippen LogP contribution >= 0.6 is 11.6 Å². The Balaban J connectivity index is 2.55. The third-order valence-corrected chi connectivity index (χ3v) is 3.46. The van der Waals surface area contributed by atoms with Gasteiger partial charge in [0.25, 0.3) is 0 Å². The summed E-state index contributed by atoms with van der Waals surface area (Å²) in [6.45, 7) is 7.34. The van der Waals surface area contributed by atoms with Gasteiger partial charge in [-0.3, -0.25) is 0 Å². The Morgan fingerprint density at radius 3 is 2.60 bits per heavy atom. The van der Waals surface area contributed by atoms with Gasteiger partial charge in [-0.25, -0.2) is 9.97 Å². The van der Waals surface area contributed by atoms with Crippen LogP contribution in [-0.4, -0.2) is 16.5 Å². The van der Waals surface area contributed by atoms with E-state index in [1.54, 1.807) is 6.33 Å². The number of hydrogen-bond donors (Lipinski definition) is 1. The number of halogens is 1. The third kappa shape index (κ3) is 3.10. The summed E-state index contributed by atoms with van der Waals surface area (Å²) in [5.74, 6) is 1.23. The summed E-state index contributed by atoms with van der Waals surface area (Å²) in [7, 11) is 0. The van der Waals surface area contributed by atoms with Crippen molar-refractivity contribution in [2.75, 3.05) is 11.9 Å². The molecular weight excluding hydrogens is 270 g/mol. The molecule has 0 spiro atoms. The van der Waals surface area contributed by atoms with Gasteiger partial charge in [-0.05, 0) is 18.4 Å². The molecule has 2 rings (SSSR count). The van der Waals surface area contributed by atoms with Crippen LogP contribution in [0.1, 0.15) is 38.7 Å². The van der Waals surface area contributed by atoms with E-state index in [0.29, 0.717) is 5.92 Å². The molecule has 0 saturated carbocycles. The number of rotatable bonds is 5. The van der Waals surface area contributed by atoms with Crippen LogP contribution in [0.5, 0.6) is 0 Å². The SMILES string of the molecule is CCCNc1ncnc(-c2ccccc2Cl)c1C(C)C. The van der Waals surface area contributed by atoms with Crippen molar-refractivity contribution in [1.29, 1.82) is 0 Å². The van der Waals surface area contributed by atoms with E-state index in [-0.39, 0.29) is 0 Å². The van der Waals surface area contributed by atoms with Crippen molar-refractivity contribution in [3.8, 4) is 11.3 Å². The third-order valence-electron chi connectivity index (χ3n) is 3.13. The maximum atomic E-state index is 6.31. The lowest BCUT2D eigenvalue weighted by Crippen LogP contribution is -2.09. The summed E-state index contributed by atoms with van der Waals surface area (Å²) < 4.78 is 0. The summed E-state index contributed by atoms with van der Waals surface area (Å²) in [6, 6.07) is 7.80. The van der Waals surface area contributed by atoms with E-state index in [4.69, 9.17) is 11.6 Å². The predicted molar refractivity (Wildman–Crippen MR) is 85.3 cm³/mol. The molecule has 1 N–H and O–H groups in total. The number of anilines is 1. The highest BCUT2D eigenvalue weighted by Gasteiger charge is 2.17. The highest BCUT2D eigenvalue weighted by molar-refractivity contribution is 6.33. The molecule has 3 nitrogen and oxygen atoms in total. The second kappa shape index (κ2) is 6.71. The van der Waals surface area contributed by atoms with Gasteiger partial charge < -0.3 is 5.32 Å². The van der Waals surface area contributed by atoms with E-state index in [9.17, 15) is 0 Å². The van der Waals surface area contributed by atoms with Crippen LogP contribution < -0.4 is 5.32 Å². The van der Waals surface area contributed by atoms with E-state index < -0.39 is 0 Å². The Hall–Kier alpha value is -1.61. The fourth-order valence-electron chi connectivity index (χ4n) is 2.19. The minimum atomic E-state index is 0.321. The molecule has 1 aromatic carbocycles. The summed E-state index contributed by atoms with van der Waals surface area (Å²) in [5.41, 5.74) is 2.99. The van der Waals surface area contributed by atoms with E-state index >= 15 is 0 Å². The number of nitrogens with zero attached hydrogens (tertiary/aromatic N) is 2. The topological polar surface area (TPSA) is 37.8 Å². The predicted octanol–water partition coefficient (Wildman–Crippen LogP) is 4.74. The Morgan fingerprint density at radius 2 is 1.95 bits per heavy atom. The fraction of sp³-hybridized carbons (Fsp3) is 0.375. The van der Waals surface area contributed by atoms with Crippen molar-refractivity contribution in [2.45, 2.75) is 33.1 Å². The first-order chi connectivity index (χ1) is 9.65. The maximum absolute atomic E-state index is 6.31. The monoisotopic (exact) mass is 289 g/mol. The molecule has 4 heteroatoms. The molecule has 0 saturated heterocycles. The molecule has 0 amide bonds. The summed E-state index contributed by atoms with van der Waals surface area (Å²) in [4.78, 5) is 8.85. The Bertz CT molecular complexity index is 582. The van der Waals surface area contributed by atoms with Gasteiger partial charge in [0.1, 0.15) is 12.1 Å². The van der Waals surface area contributed by atoms with Crippen molar-refractivity contribution >= 4 is 17.4 Å².